The highest BCUT2D eigenvalue weighted by molar-refractivity contribution is 6.31. The minimum atomic E-state index is 0.217. The highest BCUT2D eigenvalue weighted by Crippen LogP contribution is 2.16. The molecule has 5 nitrogen and oxygen atoms in total. The standard InChI is InChI=1S/C18H27ClN4O/c1-3-20-18(22-15-10-11-17(24)23(2)13-15)21-12-6-8-14-7-4-5-9-16(14)19/h4-5,7,9,15H,3,6,8,10-13H2,1-2H3,(H2,20,21,22). The lowest BCUT2D eigenvalue weighted by Crippen LogP contribution is -2.51. The number of hydrogen-bond acceptors (Lipinski definition) is 2. The Morgan fingerprint density at radius 1 is 1.42 bits per heavy atom. The number of amides is 1. The maximum absolute atomic E-state index is 11.6. The van der Waals surface area contributed by atoms with Crippen LogP contribution in [-0.2, 0) is 11.2 Å². The van der Waals surface area contributed by atoms with Crippen LogP contribution in [0.15, 0.2) is 29.3 Å². The zero-order chi connectivity index (χ0) is 17.4. The molecule has 6 heteroatoms. The van der Waals surface area contributed by atoms with Crippen LogP contribution in [0, 0.1) is 0 Å². The molecule has 1 aromatic carbocycles. The van der Waals surface area contributed by atoms with Crippen LogP contribution in [0.25, 0.3) is 0 Å². The number of carbonyl (C=O) groups excluding carboxylic acids is 1. The van der Waals surface area contributed by atoms with Gasteiger partial charge in [0.15, 0.2) is 5.96 Å². The Bertz CT molecular complexity index is 576. The monoisotopic (exact) mass is 350 g/mol. The van der Waals surface area contributed by atoms with Crippen LogP contribution in [-0.4, -0.2) is 49.5 Å². The summed E-state index contributed by atoms with van der Waals surface area (Å²) < 4.78 is 0. The molecule has 0 aliphatic carbocycles. The molecule has 1 saturated heterocycles. The first-order valence-corrected chi connectivity index (χ1v) is 9.00. The molecule has 0 saturated carbocycles. The lowest BCUT2D eigenvalue weighted by atomic mass is 10.1. The van der Waals surface area contributed by atoms with Crippen LogP contribution in [0.4, 0.5) is 0 Å². The number of nitrogens with zero attached hydrogens (tertiary/aromatic N) is 2. The van der Waals surface area contributed by atoms with Gasteiger partial charge in [-0.1, -0.05) is 29.8 Å². The second-order valence-electron chi connectivity index (χ2n) is 6.11. The molecule has 1 aromatic rings. The molecule has 1 atom stereocenters. The zero-order valence-corrected chi connectivity index (χ0v) is 15.3. The van der Waals surface area contributed by atoms with Crippen molar-refractivity contribution in [2.24, 2.45) is 4.99 Å². The number of halogens is 1. The van der Waals surface area contributed by atoms with Crippen molar-refractivity contribution in [1.82, 2.24) is 15.5 Å². The maximum Gasteiger partial charge on any atom is 0.222 e. The number of likely N-dealkylation sites (N-methyl/N-ethyl adjacent to an activating group) is 1. The molecule has 1 aliphatic rings. The average Bonchev–Trinajstić information content (AvgIpc) is 2.56. The van der Waals surface area contributed by atoms with Gasteiger partial charge in [0.25, 0.3) is 0 Å². The third-order valence-corrected chi connectivity index (χ3v) is 4.51. The van der Waals surface area contributed by atoms with E-state index >= 15 is 0 Å². The van der Waals surface area contributed by atoms with Crippen molar-refractivity contribution in [2.45, 2.75) is 38.6 Å². The van der Waals surface area contributed by atoms with E-state index < -0.39 is 0 Å². The Morgan fingerprint density at radius 3 is 2.92 bits per heavy atom. The van der Waals surface area contributed by atoms with Crippen LogP contribution in [0.3, 0.4) is 0 Å². The Labute approximate surface area is 149 Å². The van der Waals surface area contributed by atoms with Gasteiger partial charge in [0, 0.05) is 44.2 Å². The molecule has 132 valence electrons. The SMILES string of the molecule is CCNC(=NCCCc1ccccc1Cl)NC1CCC(=O)N(C)C1. The molecule has 0 aromatic heterocycles. The Hall–Kier alpha value is -1.75. The predicted molar refractivity (Wildman–Crippen MR) is 99.5 cm³/mol. The van der Waals surface area contributed by atoms with Crippen molar-refractivity contribution in [3.63, 3.8) is 0 Å². The molecule has 1 amide bonds. The van der Waals surface area contributed by atoms with Gasteiger partial charge in [0.2, 0.25) is 5.91 Å². The predicted octanol–water partition coefficient (Wildman–Crippen LogP) is 2.45. The summed E-state index contributed by atoms with van der Waals surface area (Å²) in [6.07, 6.45) is 3.32. The van der Waals surface area contributed by atoms with E-state index in [4.69, 9.17) is 11.6 Å². The van der Waals surface area contributed by atoms with Crippen molar-refractivity contribution in [3.8, 4) is 0 Å². The molecule has 2 N–H and O–H groups in total. The molecular weight excluding hydrogens is 324 g/mol. The molecule has 1 fully saturated rings. The van der Waals surface area contributed by atoms with Gasteiger partial charge < -0.3 is 15.5 Å². The molecular formula is C18H27ClN4O. The summed E-state index contributed by atoms with van der Waals surface area (Å²) in [5.41, 5.74) is 1.17. The quantitative estimate of drug-likeness (QED) is 0.470. The number of benzene rings is 1. The number of aryl methyl sites for hydroxylation is 1. The van der Waals surface area contributed by atoms with Crippen LogP contribution < -0.4 is 10.6 Å². The lowest BCUT2D eigenvalue weighted by Gasteiger charge is -2.31. The van der Waals surface area contributed by atoms with E-state index in [0.717, 1.165) is 49.9 Å². The van der Waals surface area contributed by atoms with E-state index in [1.165, 1.54) is 5.56 Å². The van der Waals surface area contributed by atoms with Gasteiger partial charge >= 0.3 is 0 Å². The average molecular weight is 351 g/mol. The number of likely N-dealkylation sites (tertiary alicyclic amines) is 1. The largest absolute Gasteiger partial charge is 0.357 e. The minimum Gasteiger partial charge on any atom is -0.357 e. The molecule has 1 aliphatic heterocycles. The van der Waals surface area contributed by atoms with Gasteiger partial charge in [0.1, 0.15) is 0 Å². The van der Waals surface area contributed by atoms with Crippen molar-refractivity contribution in [2.75, 3.05) is 26.7 Å². The van der Waals surface area contributed by atoms with Crippen molar-refractivity contribution >= 4 is 23.5 Å². The van der Waals surface area contributed by atoms with Crippen LogP contribution in [0.5, 0.6) is 0 Å². The number of guanidine groups is 1. The first kappa shape index (κ1) is 18.6. The molecule has 1 heterocycles. The van der Waals surface area contributed by atoms with Gasteiger partial charge in [-0.2, -0.15) is 0 Å². The second-order valence-corrected chi connectivity index (χ2v) is 6.52. The fourth-order valence-electron chi connectivity index (χ4n) is 2.80. The fraction of sp³-hybridized carbons (Fsp3) is 0.556. The summed E-state index contributed by atoms with van der Waals surface area (Å²) in [4.78, 5) is 18.0. The smallest absolute Gasteiger partial charge is 0.222 e. The lowest BCUT2D eigenvalue weighted by molar-refractivity contribution is -0.132. The molecule has 2 rings (SSSR count). The molecule has 0 spiro atoms. The Balaban J connectivity index is 1.82. The van der Waals surface area contributed by atoms with E-state index in [0.29, 0.717) is 6.42 Å². The molecule has 1 unspecified atom stereocenters. The van der Waals surface area contributed by atoms with Crippen LogP contribution in [0.1, 0.15) is 31.7 Å². The fourth-order valence-corrected chi connectivity index (χ4v) is 3.04. The number of piperidine rings is 1. The molecule has 24 heavy (non-hydrogen) atoms. The topological polar surface area (TPSA) is 56.7 Å². The zero-order valence-electron chi connectivity index (χ0n) is 14.5. The van der Waals surface area contributed by atoms with Crippen molar-refractivity contribution in [3.05, 3.63) is 34.9 Å². The third-order valence-electron chi connectivity index (χ3n) is 4.14. The minimum absolute atomic E-state index is 0.217. The van der Waals surface area contributed by atoms with E-state index in [9.17, 15) is 4.79 Å². The normalized spacial score (nSPS) is 18.6. The van der Waals surface area contributed by atoms with Gasteiger partial charge in [-0.05, 0) is 37.8 Å². The van der Waals surface area contributed by atoms with Gasteiger partial charge in [-0.3, -0.25) is 9.79 Å². The van der Waals surface area contributed by atoms with Gasteiger partial charge in [0.05, 0.1) is 0 Å². The van der Waals surface area contributed by atoms with E-state index in [-0.39, 0.29) is 11.9 Å². The van der Waals surface area contributed by atoms with Gasteiger partial charge in [-0.15, -0.1) is 0 Å². The summed E-state index contributed by atoms with van der Waals surface area (Å²) in [6, 6.07) is 8.20. The number of aliphatic imine (C=N–C) groups is 1. The number of rotatable bonds is 6. The summed E-state index contributed by atoms with van der Waals surface area (Å²) in [5, 5.41) is 7.53. The van der Waals surface area contributed by atoms with E-state index in [1.807, 2.05) is 25.2 Å². The van der Waals surface area contributed by atoms with E-state index in [1.54, 1.807) is 4.90 Å². The summed E-state index contributed by atoms with van der Waals surface area (Å²) >= 11 is 6.18. The molecule has 0 radical (unpaired) electrons. The maximum atomic E-state index is 11.6. The van der Waals surface area contributed by atoms with Crippen molar-refractivity contribution < 1.29 is 4.79 Å². The number of hydrogen-bond donors (Lipinski definition) is 2. The number of nitrogens with one attached hydrogen (secondary N) is 2. The first-order valence-electron chi connectivity index (χ1n) is 8.62. The summed E-state index contributed by atoms with van der Waals surface area (Å²) in [5.74, 6) is 1.04. The molecule has 0 bridgehead atoms. The Morgan fingerprint density at radius 2 is 2.21 bits per heavy atom. The Kier molecular flexibility index (Phi) is 7.37. The second kappa shape index (κ2) is 9.52. The van der Waals surface area contributed by atoms with E-state index in [2.05, 4.69) is 28.6 Å². The van der Waals surface area contributed by atoms with Crippen LogP contribution >= 0.6 is 11.6 Å². The van der Waals surface area contributed by atoms with Crippen LogP contribution in [0.2, 0.25) is 5.02 Å². The van der Waals surface area contributed by atoms with Crippen molar-refractivity contribution in [1.29, 1.82) is 0 Å². The third kappa shape index (κ3) is 5.71. The summed E-state index contributed by atoms with van der Waals surface area (Å²) in [6.45, 7) is 4.33. The summed E-state index contributed by atoms with van der Waals surface area (Å²) in [7, 11) is 1.85. The number of carbonyl (C=O) groups is 1. The highest BCUT2D eigenvalue weighted by atomic mass is 35.5. The first-order chi connectivity index (χ1) is 11.6. The highest BCUT2D eigenvalue weighted by Gasteiger charge is 2.23. The van der Waals surface area contributed by atoms with Gasteiger partial charge in [-0.25, -0.2) is 0 Å².